The minimum Gasteiger partial charge on any atom is -0.338 e. The van der Waals surface area contributed by atoms with Crippen molar-refractivity contribution >= 4 is 39.2 Å². The third-order valence-corrected chi connectivity index (χ3v) is 6.14. The van der Waals surface area contributed by atoms with E-state index in [0.29, 0.717) is 29.3 Å². The highest BCUT2D eigenvalue weighted by molar-refractivity contribution is 7.13. The third kappa shape index (κ3) is 3.89. The minimum atomic E-state index is -0.211. The van der Waals surface area contributed by atoms with Crippen molar-refractivity contribution in [2.75, 3.05) is 18.4 Å². The van der Waals surface area contributed by atoms with Crippen LogP contribution in [0.2, 0.25) is 0 Å². The van der Waals surface area contributed by atoms with E-state index in [-0.39, 0.29) is 17.7 Å². The molecule has 3 aromatic heterocycles. The summed E-state index contributed by atoms with van der Waals surface area (Å²) in [6.45, 7) is 1.22. The van der Waals surface area contributed by atoms with E-state index >= 15 is 0 Å². The molecule has 1 saturated heterocycles. The molecular weight excluding hydrogens is 410 g/mol. The molecule has 1 aromatic carbocycles. The Morgan fingerprint density at radius 2 is 1.94 bits per heavy atom. The number of thiazole rings is 1. The first-order valence-electron chi connectivity index (χ1n) is 9.99. The quantitative estimate of drug-likeness (QED) is 0.530. The van der Waals surface area contributed by atoms with Crippen molar-refractivity contribution in [2.45, 2.75) is 12.3 Å². The molecule has 154 valence electrons. The molecule has 0 radical (unpaired) electrons. The minimum absolute atomic E-state index is 0.00701. The number of nitrogens with zero attached hydrogens (tertiary/aromatic N) is 4. The molecule has 31 heavy (non-hydrogen) atoms. The second-order valence-electron chi connectivity index (χ2n) is 7.38. The number of carbonyl (C=O) groups is 2. The van der Waals surface area contributed by atoms with Crippen LogP contribution in [0.3, 0.4) is 0 Å². The Bertz CT molecular complexity index is 1240. The average Bonchev–Trinajstić information content (AvgIpc) is 3.51. The highest BCUT2D eigenvalue weighted by Gasteiger charge is 2.30. The first-order valence-corrected chi connectivity index (χ1v) is 10.9. The van der Waals surface area contributed by atoms with E-state index in [9.17, 15) is 9.59 Å². The summed E-state index contributed by atoms with van der Waals surface area (Å²) in [6.07, 6.45) is 5.71. The summed E-state index contributed by atoms with van der Waals surface area (Å²) < 4.78 is 0. The van der Waals surface area contributed by atoms with Crippen molar-refractivity contribution in [1.29, 1.82) is 0 Å². The van der Waals surface area contributed by atoms with Crippen molar-refractivity contribution in [1.82, 2.24) is 19.9 Å². The monoisotopic (exact) mass is 429 g/mol. The van der Waals surface area contributed by atoms with Crippen LogP contribution in [0, 0.1) is 0 Å². The predicted octanol–water partition coefficient (Wildman–Crippen LogP) is 3.97. The van der Waals surface area contributed by atoms with E-state index in [0.717, 1.165) is 23.0 Å². The molecule has 0 aliphatic carbocycles. The van der Waals surface area contributed by atoms with E-state index in [4.69, 9.17) is 4.98 Å². The molecule has 7 nitrogen and oxygen atoms in total. The maximum atomic E-state index is 13.0. The highest BCUT2D eigenvalue weighted by Crippen LogP contribution is 2.30. The molecule has 1 aliphatic rings. The van der Waals surface area contributed by atoms with Gasteiger partial charge in [0.1, 0.15) is 0 Å². The summed E-state index contributed by atoms with van der Waals surface area (Å²) in [5.41, 5.74) is 2.79. The fraction of sp³-hybridized carbons (Fsp3) is 0.174. The number of hydrogen-bond donors (Lipinski definition) is 1. The van der Waals surface area contributed by atoms with Gasteiger partial charge in [0.15, 0.2) is 5.13 Å². The van der Waals surface area contributed by atoms with Crippen LogP contribution in [0.4, 0.5) is 5.13 Å². The first-order chi connectivity index (χ1) is 15.2. The van der Waals surface area contributed by atoms with Gasteiger partial charge in [-0.3, -0.25) is 24.9 Å². The Hall–Kier alpha value is -3.65. The van der Waals surface area contributed by atoms with Gasteiger partial charge in [-0.25, -0.2) is 4.98 Å². The summed E-state index contributed by atoms with van der Waals surface area (Å²) in [5.74, 6) is -0.147. The molecule has 4 aromatic rings. The number of fused-ring (bicyclic) bond motifs is 1. The van der Waals surface area contributed by atoms with Crippen molar-refractivity contribution in [3.63, 3.8) is 0 Å². The lowest BCUT2D eigenvalue weighted by molar-refractivity contribution is 0.0790. The summed E-state index contributed by atoms with van der Waals surface area (Å²) in [4.78, 5) is 40.6. The summed E-state index contributed by atoms with van der Waals surface area (Å²) in [5, 5.41) is 6.04. The van der Waals surface area contributed by atoms with Gasteiger partial charge in [0.05, 0.1) is 11.1 Å². The largest absolute Gasteiger partial charge is 0.338 e. The van der Waals surface area contributed by atoms with Gasteiger partial charge in [0.25, 0.3) is 11.8 Å². The molecule has 5 rings (SSSR count). The Morgan fingerprint density at radius 3 is 2.74 bits per heavy atom. The number of nitrogens with one attached hydrogen (secondary N) is 1. The fourth-order valence-electron chi connectivity index (χ4n) is 3.91. The SMILES string of the molecule is O=C(Nc1nccs1)c1cc([C@H]2CCN(C(=O)c3ccncc3)C2)nc2ccccc12. The van der Waals surface area contributed by atoms with Crippen LogP contribution >= 0.6 is 11.3 Å². The number of aromatic nitrogens is 3. The second-order valence-corrected chi connectivity index (χ2v) is 8.27. The zero-order valence-corrected chi connectivity index (χ0v) is 17.4. The van der Waals surface area contributed by atoms with E-state index in [2.05, 4.69) is 15.3 Å². The normalized spacial score (nSPS) is 15.9. The lowest BCUT2D eigenvalue weighted by Gasteiger charge is -2.17. The number of pyridine rings is 2. The van der Waals surface area contributed by atoms with Gasteiger partial charge in [-0.05, 0) is 30.7 Å². The second kappa shape index (κ2) is 8.23. The summed E-state index contributed by atoms with van der Waals surface area (Å²) in [6, 6.07) is 12.9. The zero-order valence-electron chi connectivity index (χ0n) is 16.6. The number of anilines is 1. The third-order valence-electron chi connectivity index (χ3n) is 5.45. The van der Waals surface area contributed by atoms with E-state index in [1.807, 2.05) is 40.6 Å². The number of para-hydroxylation sites is 1. The average molecular weight is 430 g/mol. The Morgan fingerprint density at radius 1 is 1.10 bits per heavy atom. The topological polar surface area (TPSA) is 88.1 Å². The molecule has 1 atom stereocenters. The van der Waals surface area contributed by atoms with Crippen LogP contribution < -0.4 is 5.32 Å². The van der Waals surface area contributed by atoms with Crippen LogP contribution in [0.25, 0.3) is 10.9 Å². The zero-order chi connectivity index (χ0) is 21.2. The van der Waals surface area contributed by atoms with Crippen molar-refractivity contribution in [3.8, 4) is 0 Å². The molecule has 0 saturated carbocycles. The Labute approximate surface area is 182 Å². The van der Waals surface area contributed by atoms with Crippen LogP contribution in [0.1, 0.15) is 38.7 Å². The number of benzene rings is 1. The molecule has 1 N–H and O–H groups in total. The smallest absolute Gasteiger partial charge is 0.258 e. The van der Waals surface area contributed by atoms with E-state index in [1.54, 1.807) is 30.7 Å². The molecule has 0 unspecified atom stereocenters. The Balaban J connectivity index is 1.44. The Kier molecular flexibility index (Phi) is 5.13. The summed E-state index contributed by atoms with van der Waals surface area (Å²) >= 11 is 1.37. The van der Waals surface area contributed by atoms with Crippen LogP contribution in [-0.2, 0) is 0 Å². The van der Waals surface area contributed by atoms with Crippen molar-refractivity contribution in [2.24, 2.45) is 0 Å². The molecule has 2 amide bonds. The maximum Gasteiger partial charge on any atom is 0.258 e. The molecule has 0 spiro atoms. The van der Waals surface area contributed by atoms with Crippen molar-refractivity contribution in [3.05, 3.63) is 83.3 Å². The van der Waals surface area contributed by atoms with Crippen LogP contribution in [-0.4, -0.2) is 44.8 Å². The molecule has 8 heteroatoms. The number of likely N-dealkylation sites (tertiary alicyclic amines) is 1. The fourth-order valence-corrected chi connectivity index (χ4v) is 4.43. The first kappa shape index (κ1) is 19.3. The maximum absolute atomic E-state index is 13.0. The summed E-state index contributed by atoms with van der Waals surface area (Å²) in [7, 11) is 0. The predicted molar refractivity (Wildman–Crippen MR) is 119 cm³/mol. The number of rotatable bonds is 4. The lowest BCUT2D eigenvalue weighted by atomic mass is 9.99. The van der Waals surface area contributed by atoms with Gasteiger partial charge >= 0.3 is 0 Å². The van der Waals surface area contributed by atoms with Crippen LogP contribution in [0.5, 0.6) is 0 Å². The van der Waals surface area contributed by atoms with Gasteiger partial charge in [-0.2, -0.15) is 0 Å². The van der Waals surface area contributed by atoms with Gasteiger partial charge in [-0.15, -0.1) is 11.3 Å². The lowest BCUT2D eigenvalue weighted by Crippen LogP contribution is -2.28. The standard InChI is InChI=1S/C23H19N5O2S/c29-21(27-23-25-10-12-31-23)18-13-20(26-19-4-2-1-3-17(18)19)16-7-11-28(14-16)22(30)15-5-8-24-9-6-15/h1-6,8-10,12-13,16H,7,11,14H2,(H,25,27,29)/t16-/m0/s1. The number of carbonyl (C=O) groups excluding carboxylic acids is 2. The van der Waals surface area contributed by atoms with Crippen molar-refractivity contribution < 1.29 is 9.59 Å². The molecule has 0 bridgehead atoms. The van der Waals surface area contributed by atoms with Gasteiger partial charge in [-0.1, -0.05) is 18.2 Å². The number of amides is 2. The van der Waals surface area contributed by atoms with E-state index in [1.165, 1.54) is 11.3 Å². The van der Waals surface area contributed by atoms with Gasteiger partial charge < -0.3 is 4.90 Å². The van der Waals surface area contributed by atoms with E-state index < -0.39 is 0 Å². The van der Waals surface area contributed by atoms with Gasteiger partial charge in [0.2, 0.25) is 0 Å². The highest BCUT2D eigenvalue weighted by atomic mass is 32.1. The molecular formula is C23H19N5O2S. The van der Waals surface area contributed by atoms with Gasteiger partial charge in [0, 0.05) is 59.6 Å². The molecule has 1 aliphatic heterocycles. The van der Waals surface area contributed by atoms with Crippen LogP contribution in [0.15, 0.2) is 66.4 Å². The number of hydrogen-bond acceptors (Lipinski definition) is 6. The molecule has 1 fully saturated rings. The molecule has 4 heterocycles.